The summed E-state index contributed by atoms with van der Waals surface area (Å²) in [6.07, 6.45) is 0. The van der Waals surface area contributed by atoms with Gasteiger partial charge in [0.15, 0.2) is 0 Å². The standard InChI is InChI=1S/C16H18FNS/c1-3-18-11-13-7-8-16(12(2)9-13)19-15-6-4-5-14(17)10-15/h4-10,18H,3,11H2,1-2H3. The minimum atomic E-state index is -0.189. The lowest BCUT2D eigenvalue weighted by atomic mass is 10.1. The average molecular weight is 275 g/mol. The van der Waals surface area contributed by atoms with E-state index in [1.165, 1.54) is 22.1 Å². The highest BCUT2D eigenvalue weighted by Crippen LogP contribution is 2.30. The van der Waals surface area contributed by atoms with E-state index in [9.17, 15) is 4.39 Å². The van der Waals surface area contributed by atoms with Crippen LogP contribution in [0.15, 0.2) is 52.3 Å². The molecule has 0 spiro atoms. The molecule has 0 aliphatic heterocycles. The molecule has 0 heterocycles. The molecule has 0 aliphatic rings. The first-order valence-corrected chi connectivity index (χ1v) is 7.24. The topological polar surface area (TPSA) is 12.0 Å². The Kier molecular flexibility index (Phi) is 5.00. The number of benzene rings is 2. The molecule has 19 heavy (non-hydrogen) atoms. The van der Waals surface area contributed by atoms with Crippen LogP contribution >= 0.6 is 11.8 Å². The van der Waals surface area contributed by atoms with Crippen LogP contribution in [0.5, 0.6) is 0 Å². The fraction of sp³-hybridized carbons (Fsp3) is 0.250. The SMILES string of the molecule is CCNCc1ccc(Sc2cccc(F)c2)c(C)c1. The van der Waals surface area contributed by atoms with Crippen LogP contribution in [0.25, 0.3) is 0 Å². The summed E-state index contributed by atoms with van der Waals surface area (Å²) in [6, 6.07) is 13.1. The van der Waals surface area contributed by atoms with Gasteiger partial charge >= 0.3 is 0 Å². The zero-order valence-corrected chi connectivity index (χ0v) is 12.1. The Labute approximate surface area is 118 Å². The van der Waals surface area contributed by atoms with Crippen LogP contribution in [0.3, 0.4) is 0 Å². The predicted molar refractivity (Wildman–Crippen MR) is 79.1 cm³/mol. The Morgan fingerprint density at radius 1 is 1.16 bits per heavy atom. The molecule has 0 atom stereocenters. The molecular weight excluding hydrogens is 257 g/mol. The molecule has 2 aromatic rings. The van der Waals surface area contributed by atoms with Crippen molar-refractivity contribution in [2.24, 2.45) is 0 Å². The maximum absolute atomic E-state index is 13.2. The Hall–Kier alpha value is -1.32. The maximum atomic E-state index is 13.2. The summed E-state index contributed by atoms with van der Waals surface area (Å²) in [5.41, 5.74) is 2.51. The quantitative estimate of drug-likeness (QED) is 0.868. The van der Waals surface area contributed by atoms with Gasteiger partial charge in [0.05, 0.1) is 0 Å². The van der Waals surface area contributed by atoms with Crippen molar-refractivity contribution in [1.82, 2.24) is 5.32 Å². The lowest BCUT2D eigenvalue weighted by Crippen LogP contribution is -2.11. The Morgan fingerprint density at radius 3 is 2.68 bits per heavy atom. The molecule has 0 radical (unpaired) electrons. The maximum Gasteiger partial charge on any atom is 0.124 e. The summed E-state index contributed by atoms with van der Waals surface area (Å²) >= 11 is 1.60. The van der Waals surface area contributed by atoms with Crippen LogP contribution in [0.2, 0.25) is 0 Å². The number of hydrogen-bond donors (Lipinski definition) is 1. The lowest BCUT2D eigenvalue weighted by Gasteiger charge is -2.09. The van der Waals surface area contributed by atoms with Crippen LogP contribution in [0.4, 0.5) is 4.39 Å². The van der Waals surface area contributed by atoms with Gasteiger partial charge in [0.25, 0.3) is 0 Å². The van der Waals surface area contributed by atoms with Gasteiger partial charge in [-0.3, -0.25) is 0 Å². The fourth-order valence-corrected chi connectivity index (χ4v) is 2.79. The van der Waals surface area contributed by atoms with E-state index in [4.69, 9.17) is 0 Å². The third-order valence-electron chi connectivity index (χ3n) is 2.84. The van der Waals surface area contributed by atoms with E-state index in [0.717, 1.165) is 18.0 Å². The van der Waals surface area contributed by atoms with Crippen LogP contribution < -0.4 is 5.32 Å². The van der Waals surface area contributed by atoms with Crippen molar-refractivity contribution in [2.75, 3.05) is 6.54 Å². The van der Waals surface area contributed by atoms with E-state index in [0.29, 0.717) is 0 Å². The van der Waals surface area contributed by atoms with Gasteiger partial charge < -0.3 is 5.32 Å². The highest BCUT2D eigenvalue weighted by Gasteiger charge is 2.03. The Bertz CT molecular complexity index is 554. The molecule has 3 heteroatoms. The van der Waals surface area contributed by atoms with Gasteiger partial charge in [-0.2, -0.15) is 0 Å². The van der Waals surface area contributed by atoms with Crippen molar-refractivity contribution >= 4 is 11.8 Å². The molecule has 0 fully saturated rings. The van der Waals surface area contributed by atoms with E-state index in [1.807, 2.05) is 6.07 Å². The molecule has 2 rings (SSSR count). The predicted octanol–water partition coefficient (Wildman–Crippen LogP) is 4.39. The molecule has 0 amide bonds. The summed E-state index contributed by atoms with van der Waals surface area (Å²) < 4.78 is 13.2. The molecule has 0 aliphatic carbocycles. The van der Waals surface area contributed by atoms with E-state index in [1.54, 1.807) is 23.9 Å². The highest BCUT2D eigenvalue weighted by atomic mass is 32.2. The van der Waals surface area contributed by atoms with Gasteiger partial charge in [-0.1, -0.05) is 36.9 Å². The van der Waals surface area contributed by atoms with Crippen molar-refractivity contribution in [1.29, 1.82) is 0 Å². The van der Waals surface area contributed by atoms with E-state index < -0.39 is 0 Å². The van der Waals surface area contributed by atoms with Crippen LogP contribution in [0, 0.1) is 12.7 Å². The molecule has 0 saturated carbocycles. The summed E-state index contributed by atoms with van der Waals surface area (Å²) in [5.74, 6) is -0.189. The first-order chi connectivity index (χ1) is 9.19. The normalized spacial score (nSPS) is 10.7. The zero-order chi connectivity index (χ0) is 13.7. The summed E-state index contributed by atoms with van der Waals surface area (Å²) in [7, 11) is 0. The van der Waals surface area contributed by atoms with Crippen LogP contribution in [-0.2, 0) is 6.54 Å². The number of nitrogens with one attached hydrogen (secondary N) is 1. The molecule has 0 aromatic heterocycles. The fourth-order valence-electron chi connectivity index (χ4n) is 1.86. The largest absolute Gasteiger partial charge is 0.313 e. The van der Waals surface area contributed by atoms with Crippen molar-refractivity contribution in [3.05, 3.63) is 59.4 Å². The molecule has 0 saturated heterocycles. The number of hydrogen-bond acceptors (Lipinski definition) is 2. The number of aryl methyl sites for hydroxylation is 1. The van der Waals surface area contributed by atoms with Crippen molar-refractivity contribution in [3.63, 3.8) is 0 Å². The Balaban J connectivity index is 2.13. The zero-order valence-electron chi connectivity index (χ0n) is 11.2. The summed E-state index contributed by atoms with van der Waals surface area (Å²) in [6.45, 7) is 6.05. The first-order valence-electron chi connectivity index (χ1n) is 6.42. The molecule has 1 nitrogen and oxygen atoms in total. The van der Waals surface area contributed by atoms with Gasteiger partial charge in [0.2, 0.25) is 0 Å². The second-order valence-corrected chi connectivity index (χ2v) is 5.55. The van der Waals surface area contributed by atoms with Crippen molar-refractivity contribution in [3.8, 4) is 0 Å². The molecule has 1 N–H and O–H groups in total. The van der Waals surface area contributed by atoms with Crippen LogP contribution in [-0.4, -0.2) is 6.54 Å². The van der Waals surface area contributed by atoms with Gasteiger partial charge in [0.1, 0.15) is 5.82 Å². The van der Waals surface area contributed by atoms with Crippen LogP contribution in [0.1, 0.15) is 18.1 Å². The minimum absolute atomic E-state index is 0.189. The molecule has 0 bridgehead atoms. The Morgan fingerprint density at radius 2 is 2.00 bits per heavy atom. The monoisotopic (exact) mass is 275 g/mol. The smallest absolute Gasteiger partial charge is 0.124 e. The van der Waals surface area contributed by atoms with Gasteiger partial charge in [-0.05, 0) is 48.9 Å². The average Bonchev–Trinajstić information content (AvgIpc) is 2.39. The highest BCUT2D eigenvalue weighted by molar-refractivity contribution is 7.99. The minimum Gasteiger partial charge on any atom is -0.313 e. The molecular formula is C16H18FNS. The molecule has 2 aromatic carbocycles. The number of rotatable bonds is 5. The molecule has 0 unspecified atom stereocenters. The van der Waals surface area contributed by atoms with Gasteiger partial charge in [-0.15, -0.1) is 0 Å². The first kappa shape index (κ1) is 14.1. The summed E-state index contributed by atoms with van der Waals surface area (Å²) in [5, 5.41) is 3.31. The van der Waals surface area contributed by atoms with E-state index >= 15 is 0 Å². The second-order valence-electron chi connectivity index (χ2n) is 4.44. The van der Waals surface area contributed by atoms with E-state index in [-0.39, 0.29) is 5.82 Å². The lowest BCUT2D eigenvalue weighted by molar-refractivity contribution is 0.624. The van der Waals surface area contributed by atoms with Crippen molar-refractivity contribution < 1.29 is 4.39 Å². The number of halogens is 1. The third kappa shape index (κ3) is 4.08. The van der Waals surface area contributed by atoms with Gasteiger partial charge in [-0.25, -0.2) is 4.39 Å². The summed E-state index contributed by atoms with van der Waals surface area (Å²) in [4.78, 5) is 2.10. The third-order valence-corrected chi connectivity index (χ3v) is 4.01. The van der Waals surface area contributed by atoms with Crippen molar-refractivity contribution in [2.45, 2.75) is 30.2 Å². The molecule has 100 valence electrons. The van der Waals surface area contributed by atoms with E-state index in [2.05, 4.69) is 37.4 Å². The van der Waals surface area contributed by atoms with Gasteiger partial charge in [0, 0.05) is 16.3 Å². The second kappa shape index (κ2) is 6.73.